The van der Waals surface area contributed by atoms with Crippen molar-refractivity contribution in [2.75, 3.05) is 18.2 Å². The first-order valence-corrected chi connectivity index (χ1v) is 10.8. The summed E-state index contributed by atoms with van der Waals surface area (Å²) in [7, 11) is 1.52. The molecule has 5 aromatic rings. The summed E-state index contributed by atoms with van der Waals surface area (Å²) in [6, 6.07) is 8.92. The number of methoxy groups -OCH3 is 1. The van der Waals surface area contributed by atoms with Gasteiger partial charge < -0.3 is 20.3 Å². The predicted molar refractivity (Wildman–Crippen MR) is 129 cm³/mol. The van der Waals surface area contributed by atoms with Crippen molar-refractivity contribution in [2.24, 2.45) is 0 Å². The van der Waals surface area contributed by atoms with Crippen molar-refractivity contribution >= 4 is 22.4 Å². The Morgan fingerprint density at radius 2 is 2.06 bits per heavy atom. The Labute approximate surface area is 199 Å². The molecule has 0 aliphatic carbocycles. The monoisotopic (exact) mass is 473 g/mol. The van der Waals surface area contributed by atoms with E-state index in [2.05, 4.69) is 35.6 Å². The number of rotatable bonds is 6. The fourth-order valence-corrected chi connectivity index (χ4v) is 4.02. The number of aryl methyl sites for hydroxylation is 2. The van der Waals surface area contributed by atoms with E-state index in [9.17, 15) is 4.79 Å². The first kappa shape index (κ1) is 22.1. The molecule has 0 saturated carbocycles. The maximum atomic E-state index is 13.7. The number of nitrogens with two attached hydrogens (primary N) is 1. The van der Waals surface area contributed by atoms with Gasteiger partial charge in [0.25, 0.3) is 11.4 Å². The van der Waals surface area contributed by atoms with E-state index >= 15 is 0 Å². The number of benzene rings is 1. The van der Waals surface area contributed by atoms with Crippen LogP contribution in [0.4, 0.5) is 11.6 Å². The fourth-order valence-electron chi connectivity index (χ4n) is 4.02. The van der Waals surface area contributed by atoms with E-state index < -0.39 is 6.04 Å². The number of anilines is 2. The molecule has 0 amide bonds. The molecule has 12 heteroatoms. The number of pyridine rings is 1. The van der Waals surface area contributed by atoms with Crippen LogP contribution < -0.4 is 21.3 Å². The van der Waals surface area contributed by atoms with Gasteiger partial charge in [-0.1, -0.05) is 23.4 Å². The molecular formula is C23H23N9O3. The molecule has 0 radical (unpaired) electrons. The molecule has 0 bridgehead atoms. The summed E-state index contributed by atoms with van der Waals surface area (Å²) in [6.45, 7) is 5.51. The van der Waals surface area contributed by atoms with Crippen molar-refractivity contribution in [3.63, 3.8) is 0 Å². The second kappa shape index (κ2) is 8.56. The first-order chi connectivity index (χ1) is 16.9. The van der Waals surface area contributed by atoms with Gasteiger partial charge in [-0.2, -0.15) is 10.1 Å². The summed E-state index contributed by atoms with van der Waals surface area (Å²) in [5, 5.41) is 15.7. The van der Waals surface area contributed by atoms with E-state index in [1.54, 1.807) is 17.6 Å². The molecule has 1 atom stereocenters. The normalized spacial score (nSPS) is 12.1. The number of aromatic amines is 1. The minimum absolute atomic E-state index is 0.182. The molecule has 0 aliphatic rings. The molecule has 0 spiro atoms. The van der Waals surface area contributed by atoms with Crippen LogP contribution in [0.15, 0.2) is 46.0 Å². The number of hydrogen-bond donors (Lipinski definition) is 3. The summed E-state index contributed by atoms with van der Waals surface area (Å²) < 4.78 is 12.1. The van der Waals surface area contributed by atoms with Gasteiger partial charge in [0.05, 0.1) is 24.2 Å². The molecule has 0 aliphatic heterocycles. The van der Waals surface area contributed by atoms with E-state index in [1.807, 2.05) is 38.1 Å². The Morgan fingerprint density at radius 1 is 1.23 bits per heavy atom. The highest BCUT2D eigenvalue weighted by atomic mass is 16.5. The van der Waals surface area contributed by atoms with Crippen LogP contribution in [0.2, 0.25) is 0 Å². The van der Waals surface area contributed by atoms with Crippen molar-refractivity contribution in [2.45, 2.75) is 26.8 Å². The van der Waals surface area contributed by atoms with E-state index in [-0.39, 0.29) is 17.3 Å². The van der Waals surface area contributed by atoms with Crippen molar-refractivity contribution in [3.05, 3.63) is 64.1 Å². The number of hydrogen-bond acceptors (Lipinski definition) is 10. The molecule has 12 nitrogen and oxygen atoms in total. The van der Waals surface area contributed by atoms with Gasteiger partial charge in [0.1, 0.15) is 23.5 Å². The topological polar surface area (TPSA) is 163 Å². The predicted octanol–water partition coefficient (Wildman–Crippen LogP) is 2.93. The summed E-state index contributed by atoms with van der Waals surface area (Å²) in [5.74, 6) is 2.04. The molecule has 4 heterocycles. The zero-order chi connectivity index (χ0) is 24.7. The van der Waals surface area contributed by atoms with Crippen LogP contribution in [0.3, 0.4) is 0 Å². The van der Waals surface area contributed by atoms with Gasteiger partial charge in [-0.25, -0.2) is 15.1 Å². The Balaban J connectivity index is 1.67. The fraction of sp³-hybridized carbons (Fsp3) is 0.217. The molecule has 4 aromatic heterocycles. The Hall–Kier alpha value is -4.74. The minimum Gasteiger partial charge on any atom is -0.481 e. The third-order valence-electron chi connectivity index (χ3n) is 5.69. The van der Waals surface area contributed by atoms with Crippen LogP contribution in [0.1, 0.15) is 30.0 Å². The highest BCUT2D eigenvalue weighted by Crippen LogP contribution is 2.32. The number of nitrogen functional groups attached to an aromatic ring is 1. The number of H-pyrrole nitrogens is 1. The molecule has 5 rings (SSSR count). The van der Waals surface area contributed by atoms with Gasteiger partial charge in [0.2, 0.25) is 5.88 Å². The van der Waals surface area contributed by atoms with Crippen molar-refractivity contribution < 1.29 is 9.26 Å². The lowest BCUT2D eigenvalue weighted by atomic mass is 10.0. The van der Waals surface area contributed by atoms with E-state index in [1.165, 1.54) is 13.4 Å². The van der Waals surface area contributed by atoms with Gasteiger partial charge in [0, 0.05) is 6.07 Å². The van der Waals surface area contributed by atoms with Crippen LogP contribution in [0.25, 0.3) is 28.0 Å². The van der Waals surface area contributed by atoms with Crippen molar-refractivity contribution in [1.82, 2.24) is 34.9 Å². The highest BCUT2D eigenvalue weighted by Gasteiger charge is 2.23. The Morgan fingerprint density at radius 3 is 2.77 bits per heavy atom. The van der Waals surface area contributed by atoms with Crippen LogP contribution in [-0.2, 0) is 0 Å². The maximum Gasteiger partial charge on any atom is 0.265 e. The zero-order valence-electron chi connectivity index (χ0n) is 19.5. The summed E-state index contributed by atoms with van der Waals surface area (Å²) >= 11 is 0. The standard InChI is InChI=1S/C23H23N9O3/c1-11-6-5-7-14-8-15(32(23(33)18(11)14)16-9-17(34-4)30-29-16)12(2)27-21-19(20(24)25-10-26-21)22-28-13(3)31-35-22/h5-10,12H,1-4H3,(H,29,30)(H3,24,25,26,27)/t12-/m0/s1. The quantitative estimate of drug-likeness (QED) is 0.334. The van der Waals surface area contributed by atoms with Crippen LogP contribution >= 0.6 is 0 Å². The van der Waals surface area contributed by atoms with E-state index in [4.69, 9.17) is 15.0 Å². The number of aromatic nitrogens is 7. The van der Waals surface area contributed by atoms with Gasteiger partial charge in [-0.15, -0.1) is 0 Å². The second-order valence-electron chi connectivity index (χ2n) is 8.04. The average molecular weight is 473 g/mol. The van der Waals surface area contributed by atoms with E-state index in [0.717, 1.165) is 10.9 Å². The van der Waals surface area contributed by atoms with Crippen LogP contribution in [0.5, 0.6) is 5.88 Å². The summed E-state index contributed by atoms with van der Waals surface area (Å²) in [6.07, 6.45) is 1.34. The lowest BCUT2D eigenvalue weighted by molar-refractivity contribution is 0.397. The Bertz CT molecular complexity index is 1600. The third-order valence-corrected chi connectivity index (χ3v) is 5.69. The third kappa shape index (κ3) is 3.84. The number of fused-ring (bicyclic) bond motifs is 1. The van der Waals surface area contributed by atoms with Crippen molar-refractivity contribution in [3.8, 4) is 23.2 Å². The lowest BCUT2D eigenvalue weighted by Gasteiger charge is -2.21. The summed E-state index contributed by atoms with van der Waals surface area (Å²) in [4.78, 5) is 26.4. The smallest absolute Gasteiger partial charge is 0.265 e. The van der Waals surface area contributed by atoms with Crippen LogP contribution in [0, 0.1) is 13.8 Å². The second-order valence-corrected chi connectivity index (χ2v) is 8.04. The largest absolute Gasteiger partial charge is 0.481 e. The molecule has 178 valence electrons. The van der Waals surface area contributed by atoms with E-state index in [0.29, 0.717) is 40.0 Å². The molecule has 0 unspecified atom stereocenters. The van der Waals surface area contributed by atoms with Gasteiger partial charge in [-0.05, 0) is 37.8 Å². The molecule has 35 heavy (non-hydrogen) atoms. The van der Waals surface area contributed by atoms with Crippen molar-refractivity contribution in [1.29, 1.82) is 0 Å². The molecule has 4 N–H and O–H groups in total. The highest BCUT2D eigenvalue weighted by molar-refractivity contribution is 5.86. The number of nitrogens with one attached hydrogen (secondary N) is 2. The minimum atomic E-state index is -0.424. The molecular weight excluding hydrogens is 450 g/mol. The summed E-state index contributed by atoms with van der Waals surface area (Å²) in [5.41, 5.74) is 7.82. The maximum absolute atomic E-state index is 13.7. The average Bonchev–Trinajstić information content (AvgIpc) is 3.48. The SMILES string of the molecule is COc1cc(-n2c([C@H](C)Nc3ncnc(N)c3-c3nc(C)no3)cc3cccc(C)c3c2=O)n[nH]1. The lowest BCUT2D eigenvalue weighted by Crippen LogP contribution is -2.26. The van der Waals surface area contributed by atoms with Gasteiger partial charge in [0.15, 0.2) is 11.6 Å². The van der Waals surface area contributed by atoms with Gasteiger partial charge in [-0.3, -0.25) is 9.36 Å². The Kier molecular flexibility index (Phi) is 5.40. The molecule has 0 saturated heterocycles. The molecule has 0 fully saturated rings. The number of nitrogens with zero attached hydrogens (tertiary/aromatic N) is 6. The van der Waals surface area contributed by atoms with Gasteiger partial charge >= 0.3 is 0 Å². The number of ether oxygens (including phenoxy) is 1. The zero-order valence-corrected chi connectivity index (χ0v) is 19.5. The molecule has 1 aromatic carbocycles. The first-order valence-electron chi connectivity index (χ1n) is 10.8. The van der Waals surface area contributed by atoms with Crippen LogP contribution in [-0.4, -0.2) is 42.0 Å².